The standard InChI is InChI=1S/C11H9ClN4S/c12-9-4-2-1-3-8(9)10-14-11-16(15-10)7(5-13)6-17-11/h1-4,6H,5,13H2. The lowest BCUT2D eigenvalue weighted by Gasteiger charge is -1.97. The number of aromatic nitrogens is 3. The fourth-order valence-electron chi connectivity index (χ4n) is 1.62. The maximum absolute atomic E-state index is 6.12. The van der Waals surface area contributed by atoms with E-state index in [1.54, 1.807) is 4.52 Å². The van der Waals surface area contributed by atoms with Gasteiger partial charge in [-0.3, -0.25) is 0 Å². The number of thiazole rings is 1. The van der Waals surface area contributed by atoms with E-state index < -0.39 is 0 Å². The second-order valence-corrected chi connectivity index (χ2v) is 4.78. The molecule has 3 rings (SSSR count). The molecule has 0 saturated heterocycles. The van der Waals surface area contributed by atoms with Crippen molar-refractivity contribution in [2.24, 2.45) is 5.73 Å². The molecule has 17 heavy (non-hydrogen) atoms. The van der Waals surface area contributed by atoms with Gasteiger partial charge in [0, 0.05) is 17.5 Å². The molecule has 0 aliphatic carbocycles. The molecule has 1 aromatic carbocycles. The van der Waals surface area contributed by atoms with E-state index in [0.717, 1.165) is 16.2 Å². The summed E-state index contributed by atoms with van der Waals surface area (Å²) in [5, 5.41) is 7.04. The van der Waals surface area contributed by atoms with Crippen molar-refractivity contribution in [3.05, 3.63) is 40.4 Å². The van der Waals surface area contributed by atoms with E-state index in [4.69, 9.17) is 17.3 Å². The predicted octanol–water partition coefficient (Wildman–Crippen LogP) is 2.57. The summed E-state index contributed by atoms with van der Waals surface area (Å²) in [4.78, 5) is 5.28. The zero-order chi connectivity index (χ0) is 11.8. The van der Waals surface area contributed by atoms with Gasteiger partial charge in [-0.15, -0.1) is 16.4 Å². The fraction of sp³-hybridized carbons (Fsp3) is 0.0909. The van der Waals surface area contributed by atoms with E-state index in [0.29, 0.717) is 17.4 Å². The second-order valence-electron chi connectivity index (χ2n) is 3.54. The van der Waals surface area contributed by atoms with Gasteiger partial charge in [0.1, 0.15) is 0 Å². The molecule has 86 valence electrons. The summed E-state index contributed by atoms with van der Waals surface area (Å²) in [6, 6.07) is 7.54. The Bertz CT molecular complexity index is 673. The number of nitrogens with zero attached hydrogens (tertiary/aromatic N) is 3. The van der Waals surface area contributed by atoms with Gasteiger partial charge < -0.3 is 5.73 Å². The summed E-state index contributed by atoms with van der Waals surface area (Å²) in [5.74, 6) is 0.636. The van der Waals surface area contributed by atoms with Gasteiger partial charge in [-0.25, -0.2) is 4.52 Å². The van der Waals surface area contributed by atoms with Crippen LogP contribution in [-0.2, 0) is 6.54 Å². The predicted molar refractivity (Wildman–Crippen MR) is 69.2 cm³/mol. The van der Waals surface area contributed by atoms with Crippen LogP contribution in [0.2, 0.25) is 5.02 Å². The normalized spacial score (nSPS) is 11.2. The number of hydrogen-bond acceptors (Lipinski definition) is 4. The fourth-order valence-corrected chi connectivity index (χ4v) is 2.68. The minimum atomic E-state index is 0.450. The average Bonchev–Trinajstić information content (AvgIpc) is 2.88. The lowest BCUT2D eigenvalue weighted by Crippen LogP contribution is -2.01. The highest BCUT2D eigenvalue weighted by Gasteiger charge is 2.12. The third kappa shape index (κ3) is 1.72. The van der Waals surface area contributed by atoms with E-state index in [9.17, 15) is 0 Å². The molecule has 0 unspecified atom stereocenters. The first-order chi connectivity index (χ1) is 8.29. The molecular weight excluding hydrogens is 256 g/mol. The number of nitrogens with two attached hydrogens (primary N) is 1. The summed E-state index contributed by atoms with van der Waals surface area (Å²) in [6.07, 6.45) is 0. The molecule has 2 aromatic heterocycles. The Morgan fingerprint density at radius 2 is 2.18 bits per heavy atom. The number of benzene rings is 1. The SMILES string of the molecule is NCc1csc2nc(-c3ccccc3Cl)nn12. The Labute approximate surface area is 107 Å². The minimum absolute atomic E-state index is 0.450. The summed E-state index contributed by atoms with van der Waals surface area (Å²) < 4.78 is 1.77. The van der Waals surface area contributed by atoms with Crippen LogP contribution in [0.5, 0.6) is 0 Å². The van der Waals surface area contributed by atoms with E-state index in [-0.39, 0.29) is 0 Å². The molecular formula is C11H9ClN4S. The van der Waals surface area contributed by atoms with Crippen molar-refractivity contribution in [2.45, 2.75) is 6.54 Å². The Balaban J connectivity index is 2.19. The summed E-state index contributed by atoms with van der Waals surface area (Å²) >= 11 is 7.64. The molecule has 0 spiro atoms. The largest absolute Gasteiger partial charge is 0.325 e. The van der Waals surface area contributed by atoms with Gasteiger partial charge in [-0.2, -0.15) is 4.98 Å². The van der Waals surface area contributed by atoms with Gasteiger partial charge in [-0.1, -0.05) is 23.7 Å². The minimum Gasteiger partial charge on any atom is -0.325 e. The number of fused-ring (bicyclic) bond motifs is 1. The summed E-state index contributed by atoms with van der Waals surface area (Å²) in [7, 11) is 0. The first kappa shape index (κ1) is 10.7. The maximum Gasteiger partial charge on any atom is 0.212 e. The van der Waals surface area contributed by atoms with E-state index in [1.165, 1.54) is 11.3 Å². The molecule has 0 bridgehead atoms. The van der Waals surface area contributed by atoms with Crippen molar-refractivity contribution >= 4 is 27.9 Å². The monoisotopic (exact) mass is 264 g/mol. The van der Waals surface area contributed by atoms with E-state index >= 15 is 0 Å². The van der Waals surface area contributed by atoms with Crippen LogP contribution in [0, 0.1) is 0 Å². The number of halogens is 1. The molecule has 2 heterocycles. The van der Waals surface area contributed by atoms with Gasteiger partial charge in [0.05, 0.1) is 10.7 Å². The van der Waals surface area contributed by atoms with E-state index in [2.05, 4.69) is 10.1 Å². The van der Waals surface area contributed by atoms with Crippen molar-refractivity contribution in [2.75, 3.05) is 0 Å². The highest BCUT2D eigenvalue weighted by Crippen LogP contribution is 2.26. The number of hydrogen-bond donors (Lipinski definition) is 1. The highest BCUT2D eigenvalue weighted by molar-refractivity contribution is 7.15. The van der Waals surface area contributed by atoms with Crippen LogP contribution in [0.4, 0.5) is 0 Å². The Morgan fingerprint density at radius 1 is 1.35 bits per heavy atom. The van der Waals surface area contributed by atoms with Crippen LogP contribution in [0.15, 0.2) is 29.6 Å². The van der Waals surface area contributed by atoms with Crippen LogP contribution in [0.1, 0.15) is 5.69 Å². The quantitative estimate of drug-likeness (QED) is 0.774. The lowest BCUT2D eigenvalue weighted by molar-refractivity contribution is 0.868. The van der Waals surface area contributed by atoms with Gasteiger partial charge in [0.15, 0.2) is 5.82 Å². The second kappa shape index (κ2) is 4.10. The molecule has 0 fully saturated rings. The Hall–Kier alpha value is -1.43. The van der Waals surface area contributed by atoms with Crippen molar-refractivity contribution in [3.63, 3.8) is 0 Å². The molecule has 2 N–H and O–H groups in total. The smallest absolute Gasteiger partial charge is 0.212 e. The molecule has 0 atom stereocenters. The third-order valence-corrected chi connectivity index (χ3v) is 3.67. The highest BCUT2D eigenvalue weighted by atomic mass is 35.5. The summed E-state index contributed by atoms with van der Waals surface area (Å²) in [5.41, 5.74) is 7.43. The third-order valence-electron chi connectivity index (χ3n) is 2.47. The van der Waals surface area contributed by atoms with Crippen molar-refractivity contribution in [1.82, 2.24) is 14.6 Å². The number of rotatable bonds is 2. The van der Waals surface area contributed by atoms with Gasteiger partial charge in [0.2, 0.25) is 4.96 Å². The Kier molecular flexibility index (Phi) is 2.58. The lowest BCUT2D eigenvalue weighted by atomic mass is 10.2. The van der Waals surface area contributed by atoms with Crippen LogP contribution >= 0.6 is 22.9 Å². The van der Waals surface area contributed by atoms with Crippen molar-refractivity contribution in [3.8, 4) is 11.4 Å². The first-order valence-electron chi connectivity index (χ1n) is 5.07. The van der Waals surface area contributed by atoms with E-state index in [1.807, 2.05) is 29.6 Å². The Morgan fingerprint density at radius 3 is 2.94 bits per heavy atom. The van der Waals surface area contributed by atoms with Crippen LogP contribution in [0.25, 0.3) is 16.3 Å². The van der Waals surface area contributed by atoms with Gasteiger partial charge in [0.25, 0.3) is 0 Å². The summed E-state index contributed by atoms with van der Waals surface area (Å²) in [6.45, 7) is 0.450. The molecule has 0 saturated carbocycles. The van der Waals surface area contributed by atoms with Gasteiger partial charge >= 0.3 is 0 Å². The van der Waals surface area contributed by atoms with Crippen molar-refractivity contribution in [1.29, 1.82) is 0 Å². The molecule has 0 aliphatic rings. The van der Waals surface area contributed by atoms with Gasteiger partial charge in [-0.05, 0) is 12.1 Å². The van der Waals surface area contributed by atoms with Crippen LogP contribution in [0.3, 0.4) is 0 Å². The van der Waals surface area contributed by atoms with Crippen LogP contribution in [-0.4, -0.2) is 14.6 Å². The first-order valence-corrected chi connectivity index (χ1v) is 6.33. The molecule has 4 nitrogen and oxygen atoms in total. The van der Waals surface area contributed by atoms with Crippen molar-refractivity contribution < 1.29 is 0 Å². The molecule has 0 aliphatic heterocycles. The topological polar surface area (TPSA) is 56.2 Å². The maximum atomic E-state index is 6.12. The average molecular weight is 265 g/mol. The molecule has 0 amide bonds. The molecule has 3 aromatic rings. The zero-order valence-corrected chi connectivity index (χ0v) is 10.4. The zero-order valence-electron chi connectivity index (χ0n) is 8.80. The van der Waals surface area contributed by atoms with Crippen LogP contribution < -0.4 is 5.73 Å². The molecule has 6 heteroatoms. The molecule has 0 radical (unpaired) electrons.